The fourth-order valence-electron chi connectivity index (χ4n) is 1.36. The normalized spacial score (nSPS) is 11.5. The van der Waals surface area contributed by atoms with Crippen LogP contribution in [-0.2, 0) is 4.79 Å². The number of rotatable bonds is 5. The van der Waals surface area contributed by atoms with Gasteiger partial charge >= 0.3 is 0 Å². The Labute approximate surface area is 106 Å². The molecule has 0 aromatic heterocycles. The Morgan fingerprint density at radius 3 is 2.11 bits per heavy atom. The molecule has 1 unspecified atom stereocenters. The van der Waals surface area contributed by atoms with Gasteiger partial charge in [0, 0.05) is 12.1 Å². The summed E-state index contributed by atoms with van der Waals surface area (Å²) in [5, 5.41) is 32.4. The highest BCUT2D eigenvalue weighted by molar-refractivity contribution is 5.86. The van der Waals surface area contributed by atoms with Crippen LogP contribution in [0.1, 0.15) is 6.92 Å². The first-order valence-electron chi connectivity index (χ1n) is 5.00. The number of nitrogens with zero attached hydrogens (tertiary/aromatic N) is 2. The lowest BCUT2D eigenvalue weighted by Crippen LogP contribution is -2.35. The predicted octanol–water partition coefficient (Wildman–Crippen LogP) is 0.809. The molecule has 19 heavy (non-hydrogen) atoms. The summed E-state index contributed by atoms with van der Waals surface area (Å²) in [6.07, 6.45) is 0. The lowest BCUT2D eigenvalue weighted by molar-refractivity contribution is -0.392. The van der Waals surface area contributed by atoms with Gasteiger partial charge in [-0.15, -0.1) is 0 Å². The van der Waals surface area contributed by atoms with Gasteiger partial charge in [0.05, 0.1) is 9.85 Å². The molecule has 0 fully saturated rings. The second kappa shape index (κ2) is 5.73. The quantitative estimate of drug-likeness (QED) is 0.407. The molecular formula is C9H10N4O6. The van der Waals surface area contributed by atoms with Gasteiger partial charge in [-0.05, 0) is 13.0 Å². The van der Waals surface area contributed by atoms with E-state index in [1.807, 2.05) is 0 Å². The lowest BCUT2D eigenvalue weighted by atomic mass is 10.2. The number of hydrogen-bond donors (Lipinski definition) is 3. The summed E-state index contributed by atoms with van der Waals surface area (Å²) in [7, 11) is 0. The summed E-state index contributed by atoms with van der Waals surface area (Å²) < 4.78 is 0. The van der Waals surface area contributed by atoms with Crippen molar-refractivity contribution < 1.29 is 19.8 Å². The average molecular weight is 270 g/mol. The molecule has 0 bridgehead atoms. The first-order chi connectivity index (χ1) is 8.88. The highest BCUT2D eigenvalue weighted by atomic mass is 16.6. The Bertz CT molecular complexity index is 499. The van der Waals surface area contributed by atoms with E-state index >= 15 is 0 Å². The Hall–Kier alpha value is -2.75. The molecule has 0 aliphatic rings. The largest absolute Gasteiger partial charge is 0.363 e. The standard InChI is InChI=1S/C9H10N4O6/c1-5(9(14)11-15)10-8-6(12(16)17)3-2-4-7(8)13(18)19/h2-5,10,15H,1H3,(H,11,14). The molecule has 1 amide bonds. The van der Waals surface area contributed by atoms with E-state index in [2.05, 4.69) is 5.32 Å². The van der Waals surface area contributed by atoms with Gasteiger partial charge in [0.1, 0.15) is 6.04 Å². The first-order valence-corrected chi connectivity index (χ1v) is 5.00. The third-order valence-corrected chi connectivity index (χ3v) is 2.28. The van der Waals surface area contributed by atoms with Crippen molar-refractivity contribution in [1.29, 1.82) is 0 Å². The molecule has 1 aromatic carbocycles. The number of benzene rings is 1. The van der Waals surface area contributed by atoms with E-state index in [0.29, 0.717) is 0 Å². The summed E-state index contributed by atoms with van der Waals surface area (Å²) in [4.78, 5) is 31.1. The highest BCUT2D eigenvalue weighted by Crippen LogP contribution is 2.34. The molecule has 3 N–H and O–H groups in total. The number of carbonyl (C=O) groups is 1. The maximum absolute atomic E-state index is 11.1. The Morgan fingerprint density at radius 1 is 1.26 bits per heavy atom. The van der Waals surface area contributed by atoms with E-state index in [9.17, 15) is 25.0 Å². The summed E-state index contributed by atoms with van der Waals surface area (Å²) in [5.41, 5.74) is -0.124. The monoisotopic (exact) mass is 270 g/mol. The number of nitrogens with one attached hydrogen (secondary N) is 2. The number of hydroxylamine groups is 1. The predicted molar refractivity (Wildman–Crippen MR) is 62.8 cm³/mol. The van der Waals surface area contributed by atoms with Gasteiger partial charge in [-0.3, -0.25) is 30.2 Å². The zero-order valence-electron chi connectivity index (χ0n) is 9.69. The number of nitro benzene ring substituents is 2. The number of hydrogen-bond acceptors (Lipinski definition) is 7. The number of carbonyl (C=O) groups excluding carboxylic acids is 1. The molecule has 0 saturated heterocycles. The van der Waals surface area contributed by atoms with Crippen LogP contribution in [0.3, 0.4) is 0 Å². The minimum Gasteiger partial charge on any atom is -0.363 e. The Balaban J connectivity index is 3.25. The van der Waals surface area contributed by atoms with Crippen LogP contribution < -0.4 is 10.8 Å². The van der Waals surface area contributed by atoms with E-state index in [-0.39, 0.29) is 0 Å². The number of amides is 1. The topological polar surface area (TPSA) is 148 Å². The van der Waals surface area contributed by atoms with Crippen molar-refractivity contribution in [3.63, 3.8) is 0 Å². The van der Waals surface area contributed by atoms with Gasteiger partial charge in [-0.2, -0.15) is 0 Å². The fraction of sp³-hybridized carbons (Fsp3) is 0.222. The van der Waals surface area contributed by atoms with E-state index in [1.165, 1.54) is 12.4 Å². The molecule has 1 rings (SSSR count). The van der Waals surface area contributed by atoms with Crippen LogP contribution in [0.4, 0.5) is 17.1 Å². The molecule has 10 nitrogen and oxygen atoms in total. The zero-order chi connectivity index (χ0) is 14.6. The number of nitro groups is 2. The van der Waals surface area contributed by atoms with Crippen LogP contribution in [0.15, 0.2) is 18.2 Å². The highest BCUT2D eigenvalue weighted by Gasteiger charge is 2.27. The molecule has 0 radical (unpaired) electrons. The maximum atomic E-state index is 11.1. The van der Waals surface area contributed by atoms with Gasteiger partial charge in [0.2, 0.25) is 0 Å². The van der Waals surface area contributed by atoms with Gasteiger partial charge in [-0.1, -0.05) is 0 Å². The summed E-state index contributed by atoms with van der Waals surface area (Å²) in [6, 6.07) is 2.21. The van der Waals surface area contributed by atoms with Gasteiger partial charge in [-0.25, -0.2) is 5.48 Å². The summed E-state index contributed by atoms with van der Waals surface area (Å²) >= 11 is 0. The van der Waals surface area contributed by atoms with Gasteiger partial charge in [0.15, 0.2) is 5.69 Å². The van der Waals surface area contributed by atoms with Crippen molar-refractivity contribution in [2.45, 2.75) is 13.0 Å². The number of para-hydroxylation sites is 1. The molecule has 0 heterocycles. The SMILES string of the molecule is CC(Nc1c([N+](=O)[O-])cccc1[N+](=O)[O-])C(=O)NO. The minimum atomic E-state index is -1.09. The molecule has 0 aliphatic carbocycles. The van der Waals surface area contributed by atoms with E-state index in [4.69, 9.17) is 5.21 Å². The van der Waals surface area contributed by atoms with Crippen molar-refractivity contribution >= 4 is 23.0 Å². The van der Waals surface area contributed by atoms with Crippen LogP contribution in [0, 0.1) is 20.2 Å². The van der Waals surface area contributed by atoms with Gasteiger partial charge in [0.25, 0.3) is 17.3 Å². The Kier molecular flexibility index (Phi) is 4.32. The zero-order valence-corrected chi connectivity index (χ0v) is 9.69. The Morgan fingerprint density at radius 2 is 1.74 bits per heavy atom. The molecule has 102 valence electrons. The molecule has 0 aliphatic heterocycles. The van der Waals surface area contributed by atoms with Crippen molar-refractivity contribution in [1.82, 2.24) is 5.48 Å². The average Bonchev–Trinajstić information content (AvgIpc) is 2.37. The van der Waals surface area contributed by atoms with Crippen molar-refractivity contribution in [2.24, 2.45) is 0 Å². The molecule has 0 saturated carbocycles. The maximum Gasteiger partial charge on any atom is 0.299 e. The molecule has 10 heteroatoms. The second-order valence-electron chi connectivity index (χ2n) is 3.53. The lowest BCUT2D eigenvalue weighted by Gasteiger charge is -2.13. The van der Waals surface area contributed by atoms with Crippen LogP contribution in [0.2, 0.25) is 0 Å². The van der Waals surface area contributed by atoms with Crippen LogP contribution in [-0.4, -0.2) is 27.0 Å². The first kappa shape index (κ1) is 14.3. The third kappa shape index (κ3) is 3.13. The van der Waals surface area contributed by atoms with Crippen molar-refractivity contribution in [3.8, 4) is 0 Å². The van der Waals surface area contributed by atoms with Crippen molar-refractivity contribution in [3.05, 3.63) is 38.4 Å². The molecule has 1 aromatic rings. The number of anilines is 1. The van der Waals surface area contributed by atoms with Crippen LogP contribution in [0.5, 0.6) is 0 Å². The van der Waals surface area contributed by atoms with Gasteiger partial charge < -0.3 is 5.32 Å². The van der Waals surface area contributed by atoms with Crippen LogP contribution >= 0.6 is 0 Å². The summed E-state index contributed by atoms with van der Waals surface area (Å²) in [5.74, 6) is -0.882. The molecule has 0 spiro atoms. The minimum absolute atomic E-state index is 0.395. The second-order valence-corrected chi connectivity index (χ2v) is 3.53. The van der Waals surface area contributed by atoms with E-state index < -0.39 is 38.9 Å². The summed E-state index contributed by atoms with van der Waals surface area (Å²) in [6.45, 7) is 1.28. The van der Waals surface area contributed by atoms with E-state index in [0.717, 1.165) is 18.2 Å². The molecule has 1 atom stereocenters. The fourth-order valence-corrected chi connectivity index (χ4v) is 1.36. The smallest absolute Gasteiger partial charge is 0.299 e. The van der Waals surface area contributed by atoms with Crippen LogP contribution in [0.25, 0.3) is 0 Å². The van der Waals surface area contributed by atoms with Crippen molar-refractivity contribution in [2.75, 3.05) is 5.32 Å². The third-order valence-electron chi connectivity index (χ3n) is 2.28. The molecular weight excluding hydrogens is 260 g/mol. The van der Waals surface area contributed by atoms with E-state index in [1.54, 1.807) is 0 Å².